The van der Waals surface area contributed by atoms with Crippen LogP contribution in [0.5, 0.6) is 11.5 Å². The molecule has 1 aromatic carbocycles. The molecule has 76 valence electrons. The predicted molar refractivity (Wildman–Crippen MR) is 53.0 cm³/mol. The topological polar surface area (TPSA) is 105 Å². The van der Waals surface area contributed by atoms with Crippen molar-refractivity contribution in [1.29, 1.82) is 0 Å². The Morgan fingerprint density at radius 2 is 1.87 bits per heavy atom. The molecule has 0 aliphatic heterocycles. The molecule has 6 heteroatoms. The van der Waals surface area contributed by atoms with E-state index >= 15 is 0 Å². The van der Waals surface area contributed by atoms with Gasteiger partial charge in [0, 0.05) is 5.56 Å². The summed E-state index contributed by atoms with van der Waals surface area (Å²) in [7, 11) is 0. The van der Waals surface area contributed by atoms with Crippen molar-refractivity contribution in [2.75, 3.05) is 5.73 Å². The van der Waals surface area contributed by atoms with Gasteiger partial charge in [-0.2, -0.15) is 4.98 Å². The van der Waals surface area contributed by atoms with Gasteiger partial charge in [0.25, 0.3) is 0 Å². The molecule has 1 aromatic heterocycles. The SMILES string of the molecule is Nc1ncnc(-c2ccc(O)c(O)c2)n1. The van der Waals surface area contributed by atoms with Crippen LogP contribution in [0.4, 0.5) is 5.95 Å². The molecule has 0 spiro atoms. The van der Waals surface area contributed by atoms with Gasteiger partial charge in [0.15, 0.2) is 17.3 Å². The summed E-state index contributed by atoms with van der Waals surface area (Å²) in [5.41, 5.74) is 5.94. The number of rotatable bonds is 1. The van der Waals surface area contributed by atoms with Crippen LogP contribution in [-0.4, -0.2) is 25.2 Å². The zero-order valence-corrected chi connectivity index (χ0v) is 7.62. The smallest absolute Gasteiger partial charge is 0.223 e. The summed E-state index contributed by atoms with van der Waals surface area (Å²) in [5, 5.41) is 18.4. The molecule has 0 amide bonds. The lowest BCUT2D eigenvalue weighted by Gasteiger charge is -2.02. The molecule has 0 unspecified atom stereocenters. The third-order valence-electron chi connectivity index (χ3n) is 1.82. The number of anilines is 1. The number of aromatic hydroxyl groups is 2. The molecule has 2 aromatic rings. The van der Waals surface area contributed by atoms with Crippen molar-refractivity contribution in [3.8, 4) is 22.9 Å². The summed E-state index contributed by atoms with van der Waals surface area (Å²) in [6, 6.07) is 4.28. The number of phenols is 2. The fraction of sp³-hybridized carbons (Fsp3) is 0. The fourth-order valence-electron chi connectivity index (χ4n) is 1.11. The summed E-state index contributed by atoms with van der Waals surface area (Å²) in [4.78, 5) is 11.4. The Bertz CT molecular complexity index is 501. The highest BCUT2D eigenvalue weighted by Crippen LogP contribution is 2.28. The van der Waals surface area contributed by atoms with Crippen molar-refractivity contribution >= 4 is 5.95 Å². The van der Waals surface area contributed by atoms with E-state index in [9.17, 15) is 5.11 Å². The molecule has 0 saturated carbocycles. The Balaban J connectivity index is 2.50. The number of nitrogen functional groups attached to an aromatic ring is 1. The number of phenolic OH excluding ortho intramolecular Hbond substituents is 2. The first-order valence-electron chi connectivity index (χ1n) is 4.13. The van der Waals surface area contributed by atoms with Gasteiger partial charge in [-0.15, -0.1) is 0 Å². The van der Waals surface area contributed by atoms with Gasteiger partial charge in [-0.3, -0.25) is 0 Å². The average Bonchev–Trinajstić information content (AvgIpc) is 2.22. The van der Waals surface area contributed by atoms with Gasteiger partial charge in [-0.05, 0) is 18.2 Å². The maximum atomic E-state index is 9.28. The Hall–Kier alpha value is -2.37. The zero-order valence-electron chi connectivity index (χ0n) is 7.62. The van der Waals surface area contributed by atoms with Gasteiger partial charge in [0.2, 0.25) is 5.95 Å². The van der Waals surface area contributed by atoms with Crippen LogP contribution in [0.1, 0.15) is 0 Å². The van der Waals surface area contributed by atoms with Gasteiger partial charge in [0.05, 0.1) is 0 Å². The Labute approximate surface area is 85.1 Å². The van der Waals surface area contributed by atoms with E-state index in [0.29, 0.717) is 11.4 Å². The van der Waals surface area contributed by atoms with Crippen LogP contribution in [0.25, 0.3) is 11.4 Å². The average molecular weight is 204 g/mol. The summed E-state index contributed by atoms with van der Waals surface area (Å²) < 4.78 is 0. The third-order valence-corrected chi connectivity index (χ3v) is 1.82. The number of benzene rings is 1. The number of hydrogen-bond donors (Lipinski definition) is 3. The molecule has 0 aliphatic carbocycles. The maximum Gasteiger partial charge on any atom is 0.223 e. The fourth-order valence-corrected chi connectivity index (χ4v) is 1.11. The highest BCUT2D eigenvalue weighted by molar-refractivity contribution is 5.60. The molecular weight excluding hydrogens is 196 g/mol. The summed E-state index contributed by atoms with van der Waals surface area (Å²) >= 11 is 0. The first kappa shape index (κ1) is 9.20. The van der Waals surface area contributed by atoms with Crippen LogP contribution < -0.4 is 5.73 Å². The Morgan fingerprint density at radius 1 is 1.07 bits per heavy atom. The number of aromatic nitrogens is 3. The third kappa shape index (κ3) is 1.78. The second kappa shape index (κ2) is 3.41. The number of nitrogens with two attached hydrogens (primary N) is 1. The Kier molecular flexibility index (Phi) is 2.09. The van der Waals surface area contributed by atoms with E-state index in [1.54, 1.807) is 6.07 Å². The minimum atomic E-state index is -0.230. The number of hydrogen-bond acceptors (Lipinski definition) is 6. The summed E-state index contributed by atoms with van der Waals surface area (Å²) in [5.74, 6) is 0.0256. The first-order chi connectivity index (χ1) is 7.16. The van der Waals surface area contributed by atoms with Crippen molar-refractivity contribution in [2.24, 2.45) is 0 Å². The lowest BCUT2D eigenvalue weighted by molar-refractivity contribution is 0.404. The van der Waals surface area contributed by atoms with Gasteiger partial charge >= 0.3 is 0 Å². The first-order valence-corrected chi connectivity index (χ1v) is 4.13. The minimum absolute atomic E-state index is 0.104. The molecule has 2 rings (SSSR count). The van der Waals surface area contributed by atoms with Gasteiger partial charge in [-0.25, -0.2) is 9.97 Å². The largest absolute Gasteiger partial charge is 0.504 e. The zero-order chi connectivity index (χ0) is 10.8. The monoisotopic (exact) mass is 204 g/mol. The quantitative estimate of drug-likeness (QED) is 0.585. The molecule has 0 aliphatic rings. The molecule has 4 N–H and O–H groups in total. The lowest BCUT2D eigenvalue weighted by atomic mass is 10.2. The van der Waals surface area contributed by atoms with Crippen LogP contribution in [0.2, 0.25) is 0 Å². The van der Waals surface area contributed by atoms with Crippen LogP contribution in [0, 0.1) is 0 Å². The normalized spacial score (nSPS) is 10.1. The number of nitrogens with zero attached hydrogens (tertiary/aromatic N) is 3. The van der Waals surface area contributed by atoms with Gasteiger partial charge in [0.1, 0.15) is 6.33 Å². The molecular formula is C9H8N4O2. The van der Waals surface area contributed by atoms with Crippen LogP contribution in [0.3, 0.4) is 0 Å². The lowest BCUT2D eigenvalue weighted by Crippen LogP contribution is -1.97. The second-order valence-corrected chi connectivity index (χ2v) is 2.87. The van der Waals surface area contributed by atoms with E-state index in [0.717, 1.165) is 0 Å². The van der Waals surface area contributed by atoms with Crippen molar-refractivity contribution in [2.45, 2.75) is 0 Å². The van der Waals surface area contributed by atoms with Crippen LogP contribution >= 0.6 is 0 Å². The van der Waals surface area contributed by atoms with Crippen LogP contribution in [-0.2, 0) is 0 Å². The summed E-state index contributed by atoms with van der Waals surface area (Å²) in [6.45, 7) is 0. The van der Waals surface area contributed by atoms with E-state index in [-0.39, 0.29) is 17.4 Å². The van der Waals surface area contributed by atoms with Gasteiger partial charge in [-0.1, -0.05) is 0 Å². The predicted octanol–water partition coefficient (Wildman–Crippen LogP) is 0.532. The Morgan fingerprint density at radius 3 is 2.53 bits per heavy atom. The molecule has 0 saturated heterocycles. The minimum Gasteiger partial charge on any atom is -0.504 e. The highest BCUT2D eigenvalue weighted by Gasteiger charge is 2.05. The molecule has 15 heavy (non-hydrogen) atoms. The van der Waals surface area contributed by atoms with Gasteiger partial charge < -0.3 is 15.9 Å². The van der Waals surface area contributed by atoms with E-state index in [1.165, 1.54) is 18.5 Å². The van der Waals surface area contributed by atoms with E-state index < -0.39 is 0 Å². The molecule has 1 heterocycles. The molecule has 6 nitrogen and oxygen atoms in total. The van der Waals surface area contributed by atoms with E-state index in [2.05, 4.69) is 15.0 Å². The van der Waals surface area contributed by atoms with E-state index in [1.807, 2.05) is 0 Å². The van der Waals surface area contributed by atoms with Crippen molar-refractivity contribution in [3.05, 3.63) is 24.5 Å². The van der Waals surface area contributed by atoms with E-state index in [4.69, 9.17) is 10.8 Å². The second-order valence-electron chi connectivity index (χ2n) is 2.87. The van der Waals surface area contributed by atoms with Crippen LogP contribution in [0.15, 0.2) is 24.5 Å². The summed E-state index contributed by atoms with van der Waals surface area (Å²) in [6.07, 6.45) is 1.28. The molecule has 0 bridgehead atoms. The molecule has 0 fully saturated rings. The highest BCUT2D eigenvalue weighted by atomic mass is 16.3. The standard InChI is InChI=1S/C9H8N4O2/c10-9-12-4-11-8(13-9)5-1-2-6(14)7(15)3-5/h1-4,14-15H,(H2,10,11,12,13). The van der Waals surface area contributed by atoms with Crippen molar-refractivity contribution in [3.63, 3.8) is 0 Å². The van der Waals surface area contributed by atoms with Crippen molar-refractivity contribution in [1.82, 2.24) is 15.0 Å². The molecule has 0 radical (unpaired) electrons. The maximum absolute atomic E-state index is 9.28. The van der Waals surface area contributed by atoms with Crippen molar-refractivity contribution < 1.29 is 10.2 Å². The molecule has 0 atom stereocenters.